The van der Waals surface area contributed by atoms with Gasteiger partial charge in [-0.25, -0.2) is 23.1 Å². The molecule has 4 rings (SSSR count). The van der Waals surface area contributed by atoms with Crippen LogP contribution in [0.15, 0.2) is 65.8 Å². The zero-order chi connectivity index (χ0) is 21.1. The summed E-state index contributed by atoms with van der Waals surface area (Å²) in [5, 5.41) is 3.80. The van der Waals surface area contributed by atoms with Crippen molar-refractivity contribution in [2.75, 3.05) is 21.5 Å². The molecule has 7 nitrogen and oxygen atoms in total. The second kappa shape index (κ2) is 8.37. The lowest BCUT2D eigenvalue weighted by atomic mass is 10.00. The van der Waals surface area contributed by atoms with Crippen molar-refractivity contribution in [3.05, 3.63) is 72.1 Å². The largest absolute Gasteiger partial charge is 0.332 e. The van der Waals surface area contributed by atoms with Gasteiger partial charge in [-0.15, -0.1) is 0 Å². The lowest BCUT2D eigenvalue weighted by Crippen LogP contribution is -2.38. The minimum atomic E-state index is -3.77. The summed E-state index contributed by atoms with van der Waals surface area (Å²) >= 11 is 5.63. The van der Waals surface area contributed by atoms with Gasteiger partial charge >= 0.3 is 0 Å². The van der Waals surface area contributed by atoms with Gasteiger partial charge in [-0.2, -0.15) is 0 Å². The van der Waals surface area contributed by atoms with Crippen molar-refractivity contribution in [2.45, 2.75) is 24.7 Å². The van der Waals surface area contributed by atoms with Crippen molar-refractivity contribution in [1.82, 2.24) is 9.97 Å². The minimum Gasteiger partial charge on any atom is -0.332 e. The lowest BCUT2D eigenvalue weighted by molar-refractivity contribution is 0.601. The van der Waals surface area contributed by atoms with E-state index in [0.29, 0.717) is 10.8 Å². The molecule has 0 fully saturated rings. The molecule has 0 aliphatic carbocycles. The van der Waals surface area contributed by atoms with Gasteiger partial charge in [0.1, 0.15) is 0 Å². The Balaban J connectivity index is 1.47. The molecule has 9 heteroatoms. The SMILES string of the molecule is Cc1ccc2c(c1)CCCN2C(=S)Nc1ccc(S(=O)(=O)Nc2ncccn2)cc1. The summed E-state index contributed by atoms with van der Waals surface area (Å²) < 4.78 is 27.4. The average molecular weight is 440 g/mol. The first-order valence-corrected chi connectivity index (χ1v) is 11.4. The van der Waals surface area contributed by atoms with E-state index >= 15 is 0 Å². The molecule has 1 aliphatic heterocycles. The van der Waals surface area contributed by atoms with E-state index in [1.54, 1.807) is 18.2 Å². The highest BCUT2D eigenvalue weighted by molar-refractivity contribution is 7.92. The molecule has 0 spiro atoms. The first kappa shape index (κ1) is 20.2. The predicted octanol–water partition coefficient (Wildman–Crippen LogP) is 3.74. The van der Waals surface area contributed by atoms with Gasteiger partial charge in [-0.3, -0.25) is 0 Å². The molecule has 0 atom stereocenters. The maximum Gasteiger partial charge on any atom is 0.264 e. The second-order valence-corrected chi connectivity index (χ2v) is 9.09. The third-order valence-corrected chi connectivity index (χ3v) is 6.47. The predicted molar refractivity (Wildman–Crippen MR) is 122 cm³/mol. The molecule has 0 saturated heterocycles. The molecule has 0 bridgehead atoms. The number of rotatable bonds is 4. The Hall–Kier alpha value is -3.04. The van der Waals surface area contributed by atoms with E-state index in [2.05, 4.69) is 50.0 Å². The molecular weight excluding hydrogens is 418 g/mol. The summed E-state index contributed by atoms with van der Waals surface area (Å²) in [4.78, 5) is 9.98. The second-order valence-electron chi connectivity index (χ2n) is 7.02. The molecule has 2 aromatic carbocycles. The molecule has 0 saturated carbocycles. The number of aromatic nitrogens is 2. The number of anilines is 3. The van der Waals surface area contributed by atoms with Gasteiger partial charge in [0, 0.05) is 30.3 Å². The Morgan fingerprint density at radius 3 is 2.57 bits per heavy atom. The van der Waals surface area contributed by atoms with E-state index in [1.165, 1.54) is 35.7 Å². The standard InChI is InChI=1S/C21H21N5O2S2/c1-15-5-10-19-16(14-15)4-2-13-26(19)21(29)24-17-6-8-18(9-7-17)30(27,28)25-20-22-11-3-12-23-20/h3,5-12,14H,2,4,13H2,1H3,(H,24,29)(H,22,23,25). The van der Waals surface area contributed by atoms with E-state index in [9.17, 15) is 8.42 Å². The fourth-order valence-electron chi connectivity index (χ4n) is 3.38. The van der Waals surface area contributed by atoms with Crippen LogP contribution in [-0.2, 0) is 16.4 Å². The van der Waals surface area contributed by atoms with Crippen LogP contribution in [0.1, 0.15) is 17.5 Å². The van der Waals surface area contributed by atoms with Crippen LogP contribution in [0.25, 0.3) is 0 Å². The van der Waals surface area contributed by atoms with Crippen molar-refractivity contribution >= 4 is 44.7 Å². The van der Waals surface area contributed by atoms with Crippen LogP contribution in [0, 0.1) is 6.92 Å². The molecule has 0 amide bonds. The van der Waals surface area contributed by atoms with E-state index in [0.717, 1.165) is 25.1 Å². The Morgan fingerprint density at radius 2 is 1.83 bits per heavy atom. The number of hydrogen-bond donors (Lipinski definition) is 2. The molecule has 1 aromatic heterocycles. The molecule has 30 heavy (non-hydrogen) atoms. The smallest absolute Gasteiger partial charge is 0.264 e. The van der Waals surface area contributed by atoms with E-state index in [1.807, 2.05) is 0 Å². The van der Waals surface area contributed by atoms with Gasteiger partial charge in [-0.05, 0) is 73.9 Å². The highest BCUT2D eigenvalue weighted by Crippen LogP contribution is 2.29. The lowest BCUT2D eigenvalue weighted by Gasteiger charge is -2.32. The number of fused-ring (bicyclic) bond motifs is 1. The maximum absolute atomic E-state index is 12.5. The summed E-state index contributed by atoms with van der Waals surface area (Å²) in [7, 11) is -3.77. The van der Waals surface area contributed by atoms with Crippen molar-refractivity contribution in [2.24, 2.45) is 0 Å². The number of nitrogens with zero attached hydrogens (tertiary/aromatic N) is 3. The number of nitrogens with one attached hydrogen (secondary N) is 2. The van der Waals surface area contributed by atoms with Crippen molar-refractivity contribution < 1.29 is 8.42 Å². The summed E-state index contributed by atoms with van der Waals surface area (Å²) in [6.45, 7) is 2.93. The Kier molecular flexibility index (Phi) is 5.65. The molecule has 154 valence electrons. The molecule has 0 unspecified atom stereocenters. The van der Waals surface area contributed by atoms with Crippen LogP contribution >= 0.6 is 12.2 Å². The third-order valence-electron chi connectivity index (χ3n) is 4.81. The number of thiocarbonyl (C=S) groups is 1. The molecule has 2 N–H and O–H groups in total. The quantitative estimate of drug-likeness (QED) is 0.599. The first-order valence-electron chi connectivity index (χ1n) is 9.50. The molecule has 2 heterocycles. The monoisotopic (exact) mass is 439 g/mol. The zero-order valence-electron chi connectivity index (χ0n) is 16.4. The first-order chi connectivity index (χ1) is 14.4. The number of aryl methyl sites for hydroxylation is 2. The number of benzene rings is 2. The van der Waals surface area contributed by atoms with Gasteiger partial charge < -0.3 is 10.2 Å². The molecular formula is C21H21N5O2S2. The van der Waals surface area contributed by atoms with Crippen molar-refractivity contribution in [3.63, 3.8) is 0 Å². The minimum absolute atomic E-state index is 0.0277. The van der Waals surface area contributed by atoms with E-state index < -0.39 is 10.0 Å². The van der Waals surface area contributed by atoms with Crippen LogP contribution < -0.4 is 14.9 Å². The van der Waals surface area contributed by atoms with Gasteiger partial charge in [0.15, 0.2) is 5.11 Å². The van der Waals surface area contributed by atoms with Gasteiger partial charge in [0.25, 0.3) is 10.0 Å². The van der Waals surface area contributed by atoms with Crippen LogP contribution in [-0.4, -0.2) is 30.0 Å². The van der Waals surface area contributed by atoms with Gasteiger partial charge in [0.2, 0.25) is 5.95 Å². The Morgan fingerprint density at radius 1 is 1.10 bits per heavy atom. The summed E-state index contributed by atoms with van der Waals surface area (Å²) in [6.07, 6.45) is 5.02. The van der Waals surface area contributed by atoms with Crippen LogP contribution in [0.5, 0.6) is 0 Å². The topological polar surface area (TPSA) is 87.2 Å². The highest BCUT2D eigenvalue weighted by Gasteiger charge is 2.21. The summed E-state index contributed by atoms with van der Waals surface area (Å²) in [5.74, 6) is 0.0277. The molecule has 0 radical (unpaired) electrons. The summed E-state index contributed by atoms with van der Waals surface area (Å²) in [6, 6.07) is 14.4. The highest BCUT2D eigenvalue weighted by atomic mass is 32.2. The van der Waals surface area contributed by atoms with Crippen LogP contribution in [0.3, 0.4) is 0 Å². The van der Waals surface area contributed by atoms with Crippen LogP contribution in [0.2, 0.25) is 0 Å². The normalized spacial score (nSPS) is 13.4. The van der Waals surface area contributed by atoms with Crippen molar-refractivity contribution in [3.8, 4) is 0 Å². The van der Waals surface area contributed by atoms with Crippen molar-refractivity contribution in [1.29, 1.82) is 0 Å². The molecule has 3 aromatic rings. The average Bonchev–Trinajstić information content (AvgIpc) is 2.74. The van der Waals surface area contributed by atoms with Gasteiger partial charge in [0.05, 0.1) is 4.90 Å². The maximum atomic E-state index is 12.5. The Labute approximate surface area is 181 Å². The third kappa shape index (κ3) is 4.42. The van der Waals surface area contributed by atoms with Crippen LogP contribution in [0.4, 0.5) is 17.3 Å². The number of hydrogen-bond acceptors (Lipinski definition) is 5. The fourth-order valence-corrected chi connectivity index (χ4v) is 4.64. The summed E-state index contributed by atoms with van der Waals surface area (Å²) in [5.41, 5.74) is 4.37. The fraction of sp³-hybridized carbons (Fsp3) is 0.190. The van der Waals surface area contributed by atoms with E-state index in [4.69, 9.17) is 12.2 Å². The Bertz CT molecular complexity index is 1170. The zero-order valence-corrected chi connectivity index (χ0v) is 18.0. The number of sulfonamides is 1. The van der Waals surface area contributed by atoms with E-state index in [-0.39, 0.29) is 10.8 Å². The molecule has 1 aliphatic rings. The van der Waals surface area contributed by atoms with Gasteiger partial charge in [-0.1, -0.05) is 17.7 Å².